The second kappa shape index (κ2) is 10.4. The van der Waals surface area contributed by atoms with Crippen molar-refractivity contribution in [1.29, 1.82) is 5.26 Å². The van der Waals surface area contributed by atoms with Gasteiger partial charge in [-0.15, -0.1) is 0 Å². The Morgan fingerprint density at radius 2 is 1.63 bits per heavy atom. The normalized spacial score (nSPS) is 15.3. The van der Waals surface area contributed by atoms with E-state index < -0.39 is 0 Å². The third-order valence-electron chi connectivity index (χ3n) is 6.49. The van der Waals surface area contributed by atoms with Gasteiger partial charge < -0.3 is 9.47 Å². The molecule has 0 saturated carbocycles. The lowest BCUT2D eigenvalue weighted by molar-refractivity contribution is -0.134. The Bertz CT molecular complexity index is 1340. The number of rotatable bonds is 7. The Hall–Kier alpha value is -4.21. The Labute approximate surface area is 205 Å². The maximum atomic E-state index is 13.6. The molecular formula is C29H27N5O. The van der Waals surface area contributed by atoms with E-state index in [9.17, 15) is 4.79 Å². The highest BCUT2D eigenvalue weighted by Crippen LogP contribution is 2.22. The summed E-state index contributed by atoms with van der Waals surface area (Å²) in [7, 11) is 0. The van der Waals surface area contributed by atoms with Gasteiger partial charge in [-0.1, -0.05) is 66.7 Å². The van der Waals surface area contributed by atoms with Crippen LogP contribution in [-0.4, -0.2) is 26.4 Å². The Kier molecular flexibility index (Phi) is 6.69. The molecule has 174 valence electrons. The molecule has 1 aliphatic heterocycles. The molecule has 5 rings (SSSR count). The highest BCUT2D eigenvalue weighted by molar-refractivity contribution is 5.83. The molecule has 0 aliphatic carbocycles. The summed E-state index contributed by atoms with van der Waals surface area (Å²) in [4.78, 5) is 19.9. The summed E-state index contributed by atoms with van der Waals surface area (Å²) in [6.07, 6.45) is 4.30. The molecule has 2 heterocycles. The topological polar surface area (TPSA) is 74.0 Å². The van der Waals surface area contributed by atoms with Crippen LogP contribution in [0.3, 0.4) is 0 Å². The molecular weight excluding hydrogens is 434 g/mol. The van der Waals surface area contributed by atoms with Crippen LogP contribution in [0.25, 0.3) is 0 Å². The van der Waals surface area contributed by atoms with E-state index in [0.29, 0.717) is 38.2 Å². The molecule has 6 nitrogen and oxygen atoms in total. The quantitative estimate of drug-likeness (QED) is 0.451. The smallest absolute Gasteiger partial charge is 0.240 e. The number of hydrogen-bond donors (Lipinski definition) is 1. The van der Waals surface area contributed by atoms with Crippen LogP contribution in [-0.2, 0) is 37.4 Å². The van der Waals surface area contributed by atoms with Gasteiger partial charge in [0.2, 0.25) is 5.91 Å². The molecule has 1 amide bonds. The van der Waals surface area contributed by atoms with Crippen LogP contribution in [0, 0.1) is 11.3 Å². The molecule has 0 spiro atoms. The van der Waals surface area contributed by atoms with Gasteiger partial charge in [-0.2, -0.15) is 5.26 Å². The molecule has 0 bridgehead atoms. The van der Waals surface area contributed by atoms with Gasteiger partial charge in [-0.3, -0.25) is 10.1 Å². The van der Waals surface area contributed by atoms with Crippen LogP contribution in [0.15, 0.2) is 91.4 Å². The summed E-state index contributed by atoms with van der Waals surface area (Å²) in [5, 5.41) is 12.5. The maximum absolute atomic E-state index is 13.6. The van der Waals surface area contributed by atoms with Gasteiger partial charge >= 0.3 is 0 Å². The number of imidazole rings is 1. The molecule has 0 radical (unpaired) electrons. The van der Waals surface area contributed by atoms with E-state index in [0.717, 1.165) is 16.8 Å². The van der Waals surface area contributed by atoms with Crippen LogP contribution in [0.1, 0.15) is 33.5 Å². The van der Waals surface area contributed by atoms with E-state index in [1.54, 1.807) is 6.33 Å². The monoisotopic (exact) mass is 461 g/mol. The molecule has 0 unspecified atom stereocenters. The molecule has 0 fully saturated rings. The third kappa shape index (κ3) is 5.32. The van der Waals surface area contributed by atoms with Gasteiger partial charge in [0.25, 0.3) is 0 Å². The van der Waals surface area contributed by atoms with E-state index in [1.807, 2.05) is 65.7 Å². The summed E-state index contributed by atoms with van der Waals surface area (Å²) in [5.41, 5.74) is 6.28. The van der Waals surface area contributed by atoms with Crippen LogP contribution in [0.2, 0.25) is 0 Å². The number of hydrogen-bond acceptors (Lipinski definition) is 4. The van der Waals surface area contributed by atoms with E-state index in [1.165, 1.54) is 11.1 Å². The molecule has 35 heavy (non-hydrogen) atoms. The molecule has 1 aliphatic rings. The number of aromatic nitrogens is 2. The van der Waals surface area contributed by atoms with Crippen molar-refractivity contribution < 1.29 is 4.79 Å². The summed E-state index contributed by atoms with van der Waals surface area (Å²) >= 11 is 0. The standard InChI is InChI=1S/C29H27N5O/c30-15-22-10-12-24(13-11-22)19-34-21-31-16-27(34)17-32-28-14-25-8-4-5-9-26(25)20-33(29(28)35)18-23-6-2-1-3-7-23/h1-13,16,21,28,32H,14,17-20H2/t28-/m0/s1. The fourth-order valence-electron chi connectivity index (χ4n) is 4.57. The predicted molar refractivity (Wildman–Crippen MR) is 134 cm³/mol. The van der Waals surface area contributed by atoms with Crippen molar-refractivity contribution in [3.8, 4) is 6.07 Å². The molecule has 3 aromatic carbocycles. The van der Waals surface area contributed by atoms with Gasteiger partial charge in [0.1, 0.15) is 0 Å². The van der Waals surface area contributed by atoms with Crippen molar-refractivity contribution in [3.05, 3.63) is 125 Å². The first-order valence-corrected chi connectivity index (χ1v) is 11.8. The third-order valence-corrected chi connectivity index (χ3v) is 6.49. The molecule has 6 heteroatoms. The van der Waals surface area contributed by atoms with Crippen LogP contribution in [0.5, 0.6) is 0 Å². The van der Waals surface area contributed by atoms with Crippen LogP contribution < -0.4 is 5.32 Å². The lowest BCUT2D eigenvalue weighted by atomic mass is 10.0. The summed E-state index contributed by atoms with van der Waals surface area (Å²) in [5.74, 6) is 0.114. The lowest BCUT2D eigenvalue weighted by Crippen LogP contribution is -2.45. The SMILES string of the molecule is N#Cc1ccc(Cn2cncc2CN[C@H]2Cc3ccccc3CN(Cc3ccccc3)C2=O)cc1. The Morgan fingerprint density at radius 1 is 0.914 bits per heavy atom. The number of benzene rings is 3. The number of nitrogens with one attached hydrogen (secondary N) is 1. The molecule has 1 aromatic heterocycles. The first kappa shape index (κ1) is 22.6. The van der Waals surface area contributed by atoms with E-state index in [-0.39, 0.29) is 11.9 Å². The van der Waals surface area contributed by atoms with Crippen molar-refractivity contribution >= 4 is 5.91 Å². The molecule has 1 atom stereocenters. The first-order chi connectivity index (χ1) is 17.2. The fraction of sp³-hybridized carbons (Fsp3) is 0.207. The Balaban J connectivity index is 1.32. The first-order valence-electron chi connectivity index (χ1n) is 11.8. The van der Waals surface area contributed by atoms with Crippen LogP contribution >= 0.6 is 0 Å². The average molecular weight is 462 g/mol. The van der Waals surface area contributed by atoms with Crippen molar-refractivity contribution in [1.82, 2.24) is 19.8 Å². The van der Waals surface area contributed by atoms with Gasteiger partial charge in [0.05, 0.1) is 29.7 Å². The highest BCUT2D eigenvalue weighted by Gasteiger charge is 2.29. The largest absolute Gasteiger partial charge is 0.333 e. The zero-order valence-electron chi connectivity index (χ0n) is 19.5. The molecule has 4 aromatic rings. The number of nitrogens with zero attached hydrogens (tertiary/aromatic N) is 4. The number of nitriles is 1. The molecule has 1 N–H and O–H groups in total. The van der Waals surface area contributed by atoms with Crippen molar-refractivity contribution in [3.63, 3.8) is 0 Å². The van der Waals surface area contributed by atoms with E-state index in [2.05, 4.69) is 45.2 Å². The Morgan fingerprint density at radius 3 is 2.40 bits per heavy atom. The van der Waals surface area contributed by atoms with Crippen molar-refractivity contribution in [2.24, 2.45) is 0 Å². The maximum Gasteiger partial charge on any atom is 0.240 e. The fourth-order valence-corrected chi connectivity index (χ4v) is 4.57. The number of amides is 1. The average Bonchev–Trinajstić information content (AvgIpc) is 3.29. The van der Waals surface area contributed by atoms with Gasteiger partial charge in [-0.25, -0.2) is 4.98 Å². The lowest BCUT2D eigenvalue weighted by Gasteiger charge is -2.25. The minimum absolute atomic E-state index is 0.114. The minimum atomic E-state index is -0.319. The van der Waals surface area contributed by atoms with Gasteiger partial charge in [0, 0.05) is 32.4 Å². The highest BCUT2D eigenvalue weighted by atomic mass is 16.2. The van der Waals surface area contributed by atoms with E-state index >= 15 is 0 Å². The number of fused-ring (bicyclic) bond motifs is 1. The summed E-state index contributed by atoms with van der Waals surface area (Å²) in [6.45, 7) is 2.39. The zero-order chi connectivity index (χ0) is 24.0. The number of carbonyl (C=O) groups excluding carboxylic acids is 1. The minimum Gasteiger partial charge on any atom is -0.333 e. The number of carbonyl (C=O) groups is 1. The van der Waals surface area contributed by atoms with E-state index in [4.69, 9.17) is 5.26 Å². The second-order valence-corrected chi connectivity index (χ2v) is 8.91. The van der Waals surface area contributed by atoms with Crippen molar-refractivity contribution in [2.45, 2.75) is 38.6 Å². The summed E-state index contributed by atoms with van der Waals surface area (Å²) < 4.78 is 2.07. The summed E-state index contributed by atoms with van der Waals surface area (Å²) in [6, 6.07) is 27.9. The zero-order valence-corrected chi connectivity index (χ0v) is 19.5. The van der Waals surface area contributed by atoms with Crippen LogP contribution in [0.4, 0.5) is 0 Å². The van der Waals surface area contributed by atoms with Crippen molar-refractivity contribution in [2.75, 3.05) is 0 Å². The molecule has 0 saturated heterocycles. The predicted octanol–water partition coefficient (Wildman–Crippen LogP) is 4.05. The second-order valence-electron chi connectivity index (χ2n) is 8.91. The van der Waals surface area contributed by atoms with Gasteiger partial charge in [-0.05, 0) is 40.8 Å². The van der Waals surface area contributed by atoms with Gasteiger partial charge in [0.15, 0.2) is 0 Å².